The molecule has 30 heavy (non-hydrogen) atoms. The summed E-state index contributed by atoms with van der Waals surface area (Å²) in [5.74, 6) is 1.53. The van der Waals surface area contributed by atoms with Crippen molar-refractivity contribution in [2.45, 2.75) is 13.0 Å². The van der Waals surface area contributed by atoms with Crippen LogP contribution in [0.3, 0.4) is 0 Å². The van der Waals surface area contributed by atoms with Gasteiger partial charge in [0.2, 0.25) is 0 Å². The lowest BCUT2D eigenvalue weighted by Gasteiger charge is -2.33. The molecule has 0 aliphatic carbocycles. The van der Waals surface area contributed by atoms with E-state index in [1.807, 2.05) is 12.1 Å². The number of hydrogen-bond donors (Lipinski definition) is 1. The summed E-state index contributed by atoms with van der Waals surface area (Å²) in [5.41, 5.74) is 1.64. The highest BCUT2D eigenvalue weighted by molar-refractivity contribution is 5.93. The minimum atomic E-state index is -0.299. The number of aromatic nitrogens is 2. The zero-order chi connectivity index (χ0) is 20.5. The molecule has 1 aromatic heterocycles. The molecule has 3 aromatic rings. The average molecular weight is 410 g/mol. The van der Waals surface area contributed by atoms with E-state index in [4.69, 9.17) is 14.2 Å². The third-order valence-electron chi connectivity index (χ3n) is 5.43. The lowest BCUT2D eigenvalue weighted by molar-refractivity contribution is 0.00322. The number of fused-ring (bicyclic) bond motifs is 2. The maximum atomic E-state index is 14.5. The van der Waals surface area contributed by atoms with Crippen molar-refractivity contribution in [3.05, 3.63) is 48.0 Å². The number of rotatable bonds is 4. The van der Waals surface area contributed by atoms with E-state index in [1.165, 1.54) is 6.33 Å². The molecule has 7 nitrogen and oxygen atoms in total. The van der Waals surface area contributed by atoms with Gasteiger partial charge in [0.25, 0.3) is 0 Å². The van der Waals surface area contributed by atoms with E-state index < -0.39 is 0 Å². The number of nitrogens with zero attached hydrogens (tertiary/aromatic N) is 3. The fourth-order valence-corrected chi connectivity index (χ4v) is 3.80. The maximum Gasteiger partial charge on any atom is 0.163 e. The average Bonchev–Trinajstić information content (AvgIpc) is 2.76. The molecule has 0 radical (unpaired) electrons. The highest BCUT2D eigenvalue weighted by Crippen LogP contribution is 2.38. The SMILES string of the molecule is Cc1cccc(Nc2ncnc3cc4c(cc23)O[C@@H](CN2CCOCC2)CO4)c1F. The summed E-state index contributed by atoms with van der Waals surface area (Å²) >= 11 is 0. The number of halogens is 1. The fourth-order valence-electron chi connectivity index (χ4n) is 3.80. The number of nitrogens with one attached hydrogen (secondary N) is 1. The van der Waals surface area contributed by atoms with Crippen molar-refractivity contribution in [3.8, 4) is 11.5 Å². The Bertz CT molecular complexity index is 1070. The number of hydrogen-bond acceptors (Lipinski definition) is 7. The molecule has 8 heteroatoms. The molecule has 2 aliphatic rings. The Kier molecular flexibility index (Phi) is 5.10. The lowest BCUT2D eigenvalue weighted by atomic mass is 10.1. The summed E-state index contributed by atoms with van der Waals surface area (Å²) in [6, 6.07) is 8.93. The van der Waals surface area contributed by atoms with Crippen LogP contribution in [0.25, 0.3) is 10.9 Å². The summed E-state index contributed by atoms with van der Waals surface area (Å²) in [4.78, 5) is 11.0. The number of ether oxygens (including phenoxy) is 3. The van der Waals surface area contributed by atoms with Gasteiger partial charge in [0.1, 0.15) is 30.7 Å². The van der Waals surface area contributed by atoms with Crippen molar-refractivity contribution in [3.63, 3.8) is 0 Å². The van der Waals surface area contributed by atoms with Gasteiger partial charge in [-0.25, -0.2) is 14.4 Å². The second-order valence-corrected chi connectivity index (χ2v) is 7.56. The number of benzene rings is 2. The van der Waals surface area contributed by atoms with Crippen molar-refractivity contribution in [1.82, 2.24) is 14.9 Å². The Hall–Kier alpha value is -2.97. The molecule has 3 heterocycles. The number of anilines is 2. The highest BCUT2D eigenvalue weighted by Gasteiger charge is 2.25. The minimum Gasteiger partial charge on any atom is -0.486 e. The van der Waals surface area contributed by atoms with Gasteiger partial charge in [0, 0.05) is 31.1 Å². The summed E-state index contributed by atoms with van der Waals surface area (Å²) < 4.78 is 32.1. The first-order chi connectivity index (χ1) is 14.7. The van der Waals surface area contributed by atoms with E-state index in [0.717, 1.165) is 38.2 Å². The quantitative estimate of drug-likeness (QED) is 0.708. The van der Waals surface area contributed by atoms with E-state index >= 15 is 0 Å². The van der Waals surface area contributed by atoms with Crippen molar-refractivity contribution < 1.29 is 18.6 Å². The van der Waals surface area contributed by atoms with E-state index in [0.29, 0.717) is 40.7 Å². The molecule has 1 fully saturated rings. The molecule has 1 saturated heterocycles. The van der Waals surface area contributed by atoms with Crippen LogP contribution in [0.15, 0.2) is 36.7 Å². The van der Waals surface area contributed by atoms with Crippen molar-refractivity contribution >= 4 is 22.4 Å². The van der Waals surface area contributed by atoms with Crippen LogP contribution in [-0.2, 0) is 4.74 Å². The summed E-state index contributed by atoms with van der Waals surface area (Å²) in [6.45, 7) is 6.29. The second-order valence-electron chi connectivity index (χ2n) is 7.56. The Morgan fingerprint density at radius 1 is 1.17 bits per heavy atom. The molecule has 0 unspecified atom stereocenters. The van der Waals surface area contributed by atoms with Crippen LogP contribution in [-0.4, -0.2) is 60.4 Å². The van der Waals surface area contributed by atoms with Gasteiger partial charge in [0.05, 0.1) is 24.4 Å². The van der Waals surface area contributed by atoms with E-state index in [1.54, 1.807) is 25.1 Å². The van der Waals surface area contributed by atoms with E-state index in [-0.39, 0.29) is 11.9 Å². The van der Waals surface area contributed by atoms with Gasteiger partial charge in [-0.15, -0.1) is 0 Å². The van der Waals surface area contributed by atoms with Gasteiger partial charge in [-0.2, -0.15) is 0 Å². The normalized spacial score (nSPS) is 19.1. The van der Waals surface area contributed by atoms with Crippen LogP contribution in [0.1, 0.15) is 5.56 Å². The van der Waals surface area contributed by atoms with Crippen LogP contribution in [0.4, 0.5) is 15.9 Å². The first kappa shape index (κ1) is 19.0. The number of aryl methyl sites for hydroxylation is 1. The van der Waals surface area contributed by atoms with Crippen LogP contribution in [0.2, 0.25) is 0 Å². The van der Waals surface area contributed by atoms with Crippen LogP contribution in [0, 0.1) is 12.7 Å². The first-order valence-electron chi connectivity index (χ1n) is 10.1. The summed E-state index contributed by atoms with van der Waals surface area (Å²) in [6.07, 6.45) is 1.39. The highest BCUT2D eigenvalue weighted by atomic mass is 19.1. The zero-order valence-electron chi connectivity index (χ0n) is 16.7. The number of morpholine rings is 1. The van der Waals surface area contributed by atoms with Crippen LogP contribution >= 0.6 is 0 Å². The smallest absolute Gasteiger partial charge is 0.163 e. The molecule has 2 aromatic carbocycles. The minimum absolute atomic E-state index is 0.0664. The van der Waals surface area contributed by atoms with E-state index in [9.17, 15) is 4.39 Å². The van der Waals surface area contributed by atoms with Gasteiger partial charge in [-0.1, -0.05) is 12.1 Å². The Labute approximate surface area is 173 Å². The van der Waals surface area contributed by atoms with E-state index in [2.05, 4.69) is 20.2 Å². The van der Waals surface area contributed by atoms with Crippen LogP contribution in [0.5, 0.6) is 11.5 Å². The zero-order valence-corrected chi connectivity index (χ0v) is 16.7. The lowest BCUT2D eigenvalue weighted by Crippen LogP contribution is -2.45. The van der Waals surface area contributed by atoms with Crippen molar-refractivity contribution in [2.24, 2.45) is 0 Å². The van der Waals surface area contributed by atoms with Gasteiger partial charge >= 0.3 is 0 Å². The first-order valence-corrected chi connectivity index (χ1v) is 10.1. The molecule has 1 atom stereocenters. The molecule has 0 saturated carbocycles. The van der Waals surface area contributed by atoms with Crippen LogP contribution < -0.4 is 14.8 Å². The molecule has 0 bridgehead atoms. The largest absolute Gasteiger partial charge is 0.486 e. The molecule has 0 amide bonds. The Balaban J connectivity index is 1.42. The van der Waals surface area contributed by atoms with Crippen molar-refractivity contribution in [1.29, 1.82) is 0 Å². The Morgan fingerprint density at radius 3 is 2.90 bits per heavy atom. The third kappa shape index (κ3) is 3.76. The molecular formula is C22H23FN4O3. The Morgan fingerprint density at radius 2 is 2.03 bits per heavy atom. The fraction of sp³-hybridized carbons (Fsp3) is 0.364. The molecule has 1 N–H and O–H groups in total. The third-order valence-corrected chi connectivity index (χ3v) is 5.43. The molecule has 156 valence electrons. The van der Waals surface area contributed by atoms with Gasteiger partial charge in [-0.05, 0) is 24.6 Å². The second kappa shape index (κ2) is 8.04. The summed E-state index contributed by atoms with van der Waals surface area (Å²) in [7, 11) is 0. The van der Waals surface area contributed by atoms with Crippen molar-refractivity contribution in [2.75, 3.05) is 44.8 Å². The standard InChI is InChI=1S/C22H23FN4O3/c1-14-3-2-4-17(21(14)23)26-22-16-9-20-19(10-18(16)24-13-25-22)29-12-15(30-20)11-27-5-7-28-8-6-27/h2-4,9-10,13,15H,5-8,11-12H2,1H3,(H,24,25,26)/t15-/m0/s1. The molecule has 0 spiro atoms. The summed E-state index contributed by atoms with van der Waals surface area (Å²) in [5, 5.41) is 3.84. The monoisotopic (exact) mass is 410 g/mol. The maximum absolute atomic E-state index is 14.5. The van der Waals surface area contributed by atoms with Gasteiger partial charge < -0.3 is 19.5 Å². The molecule has 5 rings (SSSR count). The molecular weight excluding hydrogens is 387 g/mol. The topological polar surface area (TPSA) is 68.7 Å². The predicted octanol–water partition coefficient (Wildman–Crippen LogP) is 3.29. The van der Waals surface area contributed by atoms with Gasteiger partial charge in [-0.3, -0.25) is 4.90 Å². The predicted molar refractivity (Wildman–Crippen MR) is 111 cm³/mol. The molecule has 2 aliphatic heterocycles. The van der Waals surface area contributed by atoms with Gasteiger partial charge in [0.15, 0.2) is 11.5 Å².